The molecule has 0 saturated heterocycles. The Bertz CT molecular complexity index is 1310. The zero-order chi connectivity index (χ0) is 24.4. The van der Waals surface area contributed by atoms with Crippen LogP contribution in [0.1, 0.15) is 15.9 Å². The van der Waals surface area contributed by atoms with E-state index in [0.717, 1.165) is 30.3 Å². The molecule has 3 aromatic rings. The topological polar surface area (TPSA) is 108 Å². The van der Waals surface area contributed by atoms with Crippen LogP contribution in [0.4, 0.5) is 23.2 Å². The lowest BCUT2D eigenvalue weighted by Gasteiger charge is -2.17. The van der Waals surface area contributed by atoms with Crippen molar-refractivity contribution in [2.24, 2.45) is 5.14 Å². The number of hydrogen-bond acceptors (Lipinski definition) is 5. The second-order valence-corrected chi connectivity index (χ2v) is 8.16. The first-order valence-corrected chi connectivity index (χ1v) is 10.6. The SMILES string of the molecule is COc1ccc(Oc2cccc(C(F)(F)F)c2C(=O)Nc2cccc(S(N)(=O)=O)c2)cc1F. The maximum Gasteiger partial charge on any atom is 0.417 e. The predicted molar refractivity (Wildman–Crippen MR) is 110 cm³/mol. The van der Waals surface area contributed by atoms with Gasteiger partial charge >= 0.3 is 6.18 Å². The molecule has 3 rings (SSSR count). The van der Waals surface area contributed by atoms with Gasteiger partial charge in [-0.2, -0.15) is 13.2 Å². The molecule has 0 aliphatic heterocycles. The Hall–Kier alpha value is -3.64. The van der Waals surface area contributed by atoms with E-state index in [1.165, 1.54) is 31.4 Å². The zero-order valence-corrected chi connectivity index (χ0v) is 17.6. The van der Waals surface area contributed by atoms with Crippen molar-refractivity contribution in [1.82, 2.24) is 0 Å². The van der Waals surface area contributed by atoms with Gasteiger partial charge in [0.05, 0.1) is 23.1 Å². The van der Waals surface area contributed by atoms with Crippen LogP contribution in [0.25, 0.3) is 0 Å². The van der Waals surface area contributed by atoms with E-state index >= 15 is 0 Å². The number of methoxy groups -OCH3 is 1. The zero-order valence-electron chi connectivity index (χ0n) is 16.8. The van der Waals surface area contributed by atoms with Crippen LogP contribution in [0.3, 0.4) is 0 Å². The van der Waals surface area contributed by atoms with Crippen molar-refractivity contribution < 1.29 is 40.2 Å². The molecular formula is C21H16F4N2O5S. The Morgan fingerprint density at radius 1 is 1.00 bits per heavy atom. The number of alkyl halides is 3. The summed E-state index contributed by atoms with van der Waals surface area (Å²) in [5.41, 5.74) is -2.32. The van der Waals surface area contributed by atoms with Crippen molar-refractivity contribution in [3.05, 3.63) is 77.6 Å². The highest BCUT2D eigenvalue weighted by Gasteiger charge is 2.37. The van der Waals surface area contributed by atoms with E-state index in [1.807, 2.05) is 0 Å². The van der Waals surface area contributed by atoms with Crippen LogP contribution >= 0.6 is 0 Å². The van der Waals surface area contributed by atoms with Gasteiger partial charge in [-0.15, -0.1) is 0 Å². The van der Waals surface area contributed by atoms with Crippen LogP contribution in [-0.2, 0) is 16.2 Å². The van der Waals surface area contributed by atoms with Crippen LogP contribution in [0.5, 0.6) is 17.2 Å². The van der Waals surface area contributed by atoms with Crippen LogP contribution < -0.4 is 19.9 Å². The Labute approximate surface area is 185 Å². The van der Waals surface area contributed by atoms with Crippen LogP contribution in [0.15, 0.2) is 65.6 Å². The molecule has 0 unspecified atom stereocenters. The molecule has 12 heteroatoms. The molecule has 0 aliphatic carbocycles. The van der Waals surface area contributed by atoms with Gasteiger partial charge in [-0.05, 0) is 42.5 Å². The average Bonchev–Trinajstić information content (AvgIpc) is 2.72. The Kier molecular flexibility index (Phi) is 6.60. The quantitative estimate of drug-likeness (QED) is 0.500. The van der Waals surface area contributed by atoms with Crippen molar-refractivity contribution >= 4 is 21.6 Å². The standard InChI is InChI=1S/C21H16F4N2O5S/c1-31-17-9-8-13(11-16(17)22)32-18-7-3-6-15(21(23,24)25)19(18)20(28)27-12-4-2-5-14(10-12)33(26,29)30/h2-11H,1H3,(H,27,28)(H2,26,29,30). The van der Waals surface area contributed by atoms with Crippen LogP contribution in [0, 0.1) is 5.82 Å². The van der Waals surface area contributed by atoms with Gasteiger partial charge in [0.15, 0.2) is 11.6 Å². The third-order valence-electron chi connectivity index (χ3n) is 4.33. The predicted octanol–water partition coefficient (Wildman–Crippen LogP) is 4.55. The van der Waals surface area contributed by atoms with E-state index in [2.05, 4.69) is 5.32 Å². The lowest BCUT2D eigenvalue weighted by atomic mass is 10.0. The Morgan fingerprint density at radius 2 is 1.70 bits per heavy atom. The second-order valence-electron chi connectivity index (χ2n) is 6.60. The molecule has 0 atom stereocenters. The van der Waals surface area contributed by atoms with Crippen molar-refractivity contribution in [1.29, 1.82) is 0 Å². The molecule has 0 fully saturated rings. The fourth-order valence-electron chi connectivity index (χ4n) is 2.87. The highest BCUT2D eigenvalue weighted by atomic mass is 32.2. The van der Waals surface area contributed by atoms with Gasteiger partial charge in [-0.3, -0.25) is 4.79 Å². The maximum atomic E-state index is 14.0. The number of amides is 1. The molecule has 0 aliphatic rings. The van der Waals surface area contributed by atoms with E-state index in [9.17, 15) is 30.8 Å². The number of benzene rings is 3. The lowest BCUT2D eigenvalue weighted by molar-refractivity contribution is -0.138. The summed E-state index contributed by atoms with van der Waals surface area (Å²) in [5, 5.41) is 7.25. The summed E-state index contributed by atoms with van der Waals surface area (Å²) in [6, 6.07) is 10.8. The van der Waals surface area contributed by atoms with E-state index in [4.69, 9.17) is 14.6 Å². The number of hydrogen-bond donors (Lipinski definition) is 2. The van der Waals surface area contributed by atoms with Crippen molar-refractivity contribution in [2.75, 3.05) is 12.4 Å². The summed E-state index contributed by atoms with van der Waals surface area (Å²) in [5.74, 6) is -2.86. The molecule has 1 amide bonds. The molecule has 3 aromatic carbocycles. The first kappa shape index (κ1) is 24.0. The monoisotopic (exact) mass is 484 g/mol. The molecule has 0 bridgehead atoms. The molecular weight excluding hydrogens is 468 g/mol. The van der Waals surface area contributed by atoms with Crippen molar-refractivity contribution in [2.45, 2.75) is 11.1 Å². The fourth-order valence-corrected chi connectivity index (χ4v) is 3.43. The molecule has 0 saturated carbocycles. The number of nitrogens with two attached hydrogens (primary N) is 1. The third-order valence-corrected chi connectivity index (χ3v) is 5.24. The number of ether oxygens (including phenoxy) is 2. The van der Waals surface area contributed by atoms with Gasteiger partial charge in [0.2, 0.25) is 10.0 Å². The van der Waals surface area contributed by atoms with Crippen molar-refractivity contribution in [3.63, 3.8) is 0 Å². The summed E-state index contributed by atoms with van der Waals surface area (Å²) in [7, 11) is -2.88. The van der Waals surface area contributed by atoms with Gasteiger partial charge in [0, 0.05) is 11.8 Å². The summed E-state index contributed by atoms with van der Waals surface area (Å²) in [6.45, 7) is 0. The van der Waals surface area contributed by atoms with E-state index < -0.39 is 44.8 Å². The van der Waals surface area contributed by atoms with Crippen LogP contribution in [0.2, 0.25) is 0 Å². The summed E-state index contributed by atoms with van der Waals surface area (Å²) in [6.07, 6.45) is -4.93. The van der Waals surface area contributed by atoms with Gasteiger partial charge < -0.3 is 14.8 Å². The minimum atomic E-state index is -4.93. The van der Waals surface area contributed by atoms with Gasteiger partial charge in [0.25, 0.3) is 5.91 Å². The highest BCUT2D eigenvalue weighted by molar-refractivity contribution is 7.89. The fraction of sp³-hybridized carbons (Fsp3) is 0.0952. The molecule has 7 nitrogen and oxygen atoms in total. The number of carbonyl (C=O) groups is 1. The molecule has 0 aromatic heterocycles. The van der Waals surface area contributed by atoms with Gasteiger partial charge in [0.1, 0.15) is 11.5 Å². The number of primary sulfonamides is 1. The summed E-state index contributed by atoms with van der Waals surface area (Å²) >= 11 is 0. The second kappa shape index (κ2) is 9.08. The molecule has 0 heterocycles. The third kappa shape index (κ3) is 5.59. The highest BCUT2D eigenvalue weighted by Crippen LogP contribution is 2.38. The smallest absolute Gasteiger partial charge is 0.417 e. The number of nitrogens with one attached hydrogen (secondary N) is 1. The number of anilines is 1. The van der Waals surface area contributed by atoms with Crippen LogP contribution in [-0.4, -0.2) is 21.4 Å². The minimum absolute atomic E-state index is 0.112. The number of rotatable bonds is 6. The maximum absolute atomic E-state index is 14.0. The number of halogens is 4. The first-order chi connectivity index (χ1) is 15.4. The van der Waals surface area contributed by atoms with E-state index in [0.29, 0.717) is 6.07 Å². The number of sulfonamides is 1. The Morgan fingerprint density at radius 3 is 2.30 bits per heavy atom. The first-order valence-electron chi connectivity index (χ1n) is 9.06. The van der Waals surface area contributed by atoms with E-state index in [1.54, 1.807) is 0 Å². The van der Waals surface area contributed by atoms with Crippen molar-refractivity contribution in [3.8, 4) is 17.2 Å². The largest absolute Gasteiger partial charge is 0.494 e. The van der Waals surface area contributed by atoms with Gasteiger partial charge in [-0.25, -0.2) is 17.9 Å². The molecule has 33 heavy (non-hydrogen) atoms. The van der Waals surface area contributed by atoms with Gasteiger partial charge in [-0.1, -0.05) is 12.1 Å². The molecule has 0 spiro atoms. The summed E-state index contributed by atoms with van der Waals surface area (Å²) in [4.78, 5) is 12.5. The Balaban J connectivity index is 2.04. The molecule has 174 valence electrons. The molecule has 3 N–H and O–H groups in total. The summed E-state index contributed by atoms with van der Waals surface area (Å²) < 4.78 is 88.1. The lowest BCUT2D eigenvalue weighted by Crippen LogP contribution is -2.20. The van der Waals surface area contributed by atoms with E-state index in [-0.39, 0.29) is 22.1 Å². The number of carbonyl (C=O) groups excluding carboxylic acids is 1. The average molecular weight is 484 g/mol. The normalized spacial score (nSPS) is 11.7. The molecule has 0 radical (unpaired) electrons. The minimum Gasteiger partial charge on any atom is -0.494 e.